The van der Waals surface area contributed by atoms with E-state index in [1.54, 1.807) is 0 Å². The van der Waals surface area contributed by atoms with Gasteiger partial charge in [0, 0.05) is 11.3 Å². The lowest BCUT2D eigenvalue weighted by molar-refractivity contribution is -0.137. The van der Waals surface area contributed by atoms with E-state index >= 15 is 0 Å². The Morgan fingerprint density at radius 3 is 2.39 bits per heavy atom. The third-order valence-electron chi connectivity index (χ3n) is 3.36. The van der Waals surface area contributed by atoms with E-state index in [9.17, 15) is 4.79 Å². The number of thioether (sulfide) groups is 1. The summed E-state index contributed by atoms with van der Waals surface area (Å²) in [6.07, 6.45) is 1.84. The number of esters is 1. The van der Waals surface area contributed by atoms with Crippen molar-refractivity contribution < 1.29 is 9.53 Å². The molecule has 0 atom stereocenters. The topological polar surface area (TPSA) is 44.1 Å². The fourth-order valence-electron chi connectivity index (χ4n) is 2.26. The highest BCUT2D eigenvalue weighted by Gasteiger charge is 2.15. The lowest BCUT2D eigenvalue weighted by atomic mass is 10.1. The van der Waals surface area contributed by atoms with Crippen molar-refractivity contribution in [3.8, 4) is 16.9 Å². The molecule has 3 rings (SSSR count). The van der Waals surface area contributed by atoms with Gasteiger partial charge in [-0.2, -0.15) is 0 Å². The number of nitrogens with zero attached hydrogens (tertiary/aromatic N) is 2. The van der Waals surface area contributed by atoms with E-state index in [1.165, 1.54) is 18.9 Å². The summed E-state index contributed by atoms with van der Waals surface area (Å²) in [6, 6.07) is 20.1. The standard InChI is InChI=1S/C18H16N2O2S/c1-22-17(21)13-23-18-19-12-16(14-8-4-2-5-9-14)20(18)15-10-6-3-7-11-15/h2-12H,13H2,1H3. The van der Waals surface area contributed by atoms with Gasteiger partial charge in [-0.05, 0) is 12.1 Å². The number of aromatic nitrogens is 2. The summed E-state index contributed by atoms with van der Waals surface area (Å²) in [5, 5.41) is 0.764. The van der Waals surface area contributed by atoms with Crippen molar-refractivity contribution in [1.82, 2.24) is 9.55 Å². The zero-order valence-corrected chi connectivity index (χ0v) is 13.5. The molecular weight excluding hydrogens is 308 g/mol. The van der Waals surface area contributed by atoms with Gasteiger partial charge in [0.25, 0.3) is 0 Å². The number of carbonyl (C=O) groups is 1. The highest BCUT2D eigenvalue weighted by Crippen LogP contribution is 2.29. The van der Waals surface area contributed by atoms with Crippen molar-refractivity contribution in [2.24, 2.45) is 0 Å². The highest BCUT2D eigenvalue weighted by molar-refractivity contribution is 7.99. The van der Waals surface area contributed by atoms with E-state index in [4.69, 9.17) is 4.74 Å². The van der Waals surface area contributed by atoms with Crippen molar-refractivity contribution in [2.75, 3.05) is 12.9 Å². The van der Waals surface area contributed by atoms with Gasteiger partial charge < -0.3 is 4.74 Å². The maximum atomic E-state index is 11.4. The molecule has 1 heterocycles. The van der Waals surface area contributed by atoms with Crippen molar-refractivity contribution in [1.29, 1.82) is 0 Å². The monoisotopic (exact) mass is 324 g/mol. The van der Waals surface area contributed by atoms with Gasteiger partial charge >= 0.3 is 5.97 Å². The molecule has 0 aliphatic carbocycles. The third kappa shape index (κ3) is 3.46. The maximum Gasteiger partial charge on any atom is 0.316 e. The first kappa shape index (κ1) is 15.4. The number of methoxy groups -OCH3 is 1. The zero-order valence-electron chi connectivity index (χ0n) is 12.7. The summed E-state index contributed by atoms with van der Waals surface area (Å²) in [5.41, 5.74) is 3.08. The van der Waals surface area contributed by atoms with Crippen LogP contribution in [0.4, 0.5) is 0 Å². The van der Waals surface area contributed by atoms with Gasteiger partial charge in [0.15, 0.2) is 5.16 Å². The van der Waals surface area contributed by atoms with Crippen LogP contribution < -0.4 is 0 Å². The number of benzene rings is 2. The predicted octanol–water partition coefficient (Wildman–Crippen LogP) is 3.80. The molecule has 0 aliphatic rings. The van der Waals surface area contributed by atoms with E-state index < -0.39 is 0 Å². The number of para-hydroxylation sites is 1. The fourth-order valence-corrected chi connectivity index (χ4v) is 3.08. The number of hydrogen-bond acceptors (Lipinski definition) is 4. The second-order valence-electron chi connectivity index (χ2n) is 4.83. The molecule has 0 saturated heterocycles. The van der Waals surface area contributed by atoms with Crippen LogP contribution in [0, 0.1) is 0 Å². The molecule has 2 aromatic carbocycles. The van der Waals surface area contributed by atoms with E-state index in [0.717, 1.165) is 22.1 Å². The average molecular weight is 324 g/mol. The van der Waals surface area contributed by atoms with Crippen LogP contribution in [0.1, 0.15) is 0 Å². The molecule has 0 fully saturated rings. The minimum Gasteiger partial charge on any atom is -0.468 e. The first-order valence-corrected chi connectivity index (χ1v) is 8.16. The molecular formula is C18H16N2O2S. The SMILES string of the molecule is COC(=O)CSc1ncc(-c2ccccc2)n1-c1ccccc1. The lowest BCUT2D eigenvalue weighted by Crippen LogP contribution is -2.05. The number of hydrogen-bond donors (Lipinski definition) is 0. The minimum absolute atomic E-state index is 0.231. The van der Waals surface area contributed by atoms with Crippen molar-refractivity contribution in [2.45, 2.75) is 5.16 Å². The molecule has 4 nitrogen and oxygen atoms in total. The molecule has 23 heavy (non-hydrogen) atoms. The smallest absolute Gasteiger partial charge is 0.316 e. The van der Waals surface area contributed by atoms with Gasteiger partial charge in [0.1, 0.15) is 0 Å². The van der Waals surface area contributed by atoms with Crippen molar-refractivity contribution >= 4 is 17.7 Å². The van der Waals surface area contributed by atoms with Crippen LogP contribution >= 0.6 is 11.8 Å². The molecule has 5 heteroatoms. The molecule has 0 amide bonds. The Hall–Kier alpha value is -2.53. The molecule has 1 aromatic heterocycles. The van der Waals surface area contributed by atoms with E-state index in [1.807, 2.05) is 66.9 Å². The van der Waals surface area contributed by atoms with Gasteiger partial charge in [-0.3, -0.25) is 9.36 Å². The van der Waals surface area contributed by atoms with Crippen LogP contribution in [0.25, 0.3) is 16.9 Å². The first-order chi connectivity index (χ1) is 11.3. The molecule has 0 saturated carbocycles. The zero-order chi connectivity index (χ0) is 16.1. The fraction of sp³-hybridized carbons (Fsp3) is 0.111. The average Bonchev–Trinajstić information content (AvgIpc) is 3.05. The van der Waals surface area contributed by atoms with E-state index in [0.29, 0.717) is 0 Å². The van der Waals surface area contributed by atoms with Crippen LogP contribution in [0.15, 0.2) is 72.0 Å². The van der Waals surface area contributed by atoms with Gasteiger partial charge in [0.2, 0.25) is 0 Å². The Labute approximate surface area is 139 Å². The molecule has 116 valence electrons. The molecule has 0 unspecified atom stereocenters. The Morgan fingerprint density at radius 2 is 1.74 bits per heavy atom. The number of rotatable bonds is 5. The predicted molar refractivity (Wildman–Crippen MR) is 91.7 cm³/mol. The normalized spacial score (nSPS) is 10.5. The Morgan fingerprint density at radius 1 is 1.09 bits per heavy atom. The summed E-state index contributed by atoms with van der Waals surface area (Å²) in [7, 11) is 1.39. The third-order valence-corrected chi connectivity index (χ3v) is 4.29. The van der Waals surface area contributed by atoms with E-state index in [-0.39, 0.29) is 11.7 Å². The van der Waals surface area contributed by atoms with Crippen LogP contribution in [-0.4, -0.2) is 28.4 Å². The Kier molecular flexibility index (Phi) is 4.78. The summed E-state index contributed by atoms with van der Waals surface area (Å²) in [5.74, 6) is -0.0342. The number of imidazole rings is 1. The molecule has 3 aromatic rings. The van der Waals surface area contributed by atoms with Gasteiger partial charge in [0.05, 0.1) is 24.8 Å². The summed E-state index contributed by atoms with van der Waals surface area (Å²) < 4.78 is 6.77. The van der Waals surface area contributed by atoms with Crippen LogP contribution in [0.2, 0.25) is 0 Å². The number of ether oxygens (including phenoxy) is 1. The van der Waals surface area contributed by atoms with Gasteiger partial charge in [-0.1, -0.05) is 60.3 Å². The second-order valence-corrected chi connectivity index (χ2v) is 5.77. The highest BCUT2D eigenvalue weighted by atomic mass is 32.2. The summed E-state index contributed by atoms with van der Waals surface area (Å²) in [4.78, 5) is 15.9. The maximum absolute atomic E-state index is 11.4. The number of carbonyl (C=O) groups excluding carboxylic acids is 1. The molecule has 0 radical (unpaired) electrons. The second kappa shape index (κ2) is 7.15. The quantitative estimate of drug-likeness (QED) is 0.529. The first-order valence-electron chi connectivity index (χ1n) is 7.18. The summed E-state index contributed by atoms with van der Waals surface area (Å²) in [6.45, 7) is 0. The minimum atomic E-state index is -0.265. The molecule has 0 bridgehead atoms. The largest absolute Gasteiger partial charge is 0.468 e. The Balaban J connectivity index is 2.04. The van der Waals surface area contributed by atoms with Crippen LogP contribution in [0.3, 0.4) is 0 Å². The van der Waals surface area contributed by atoms with Gasteiger partial charge in [-0.15, -0.1) is 0 Å². The molecule has 0 N–H and O–H groups in total. The molecule has 0 aliphatic heterocycles. The summed E-state index contributed by atoms with van der Waals surface area (Å²) >= 11 is 1.37. The lowest BCUT2D eigenvalue weighted by Gasteiger charge is -2.11. The van der Waals surface area contributed by atoms with Gasteiger partial charge in [-0.25, -0.2) is 4.98 Å². The van der Waals surface area contributed by atoms with Crippen molar-refractivity contribution in [3.63, 3.8) is 0 Å². The van der Waals surface area contributed by atoms with Crippen LogP contribution in [-0.2, 0) is 9.53 Å². The van der Waals surface area contributed by atoms with Crippen LogP contribution in [0.5, 0.6) is 0 Å². The van der Waals surface area contributed by atoms with E-state index in [2.05, 4.69) is 9.55 Å². The molecule has 0 spiro atoms. The van der Waals surface area contributed by atoms with Crippen molar-refractivity contribution in [3.05, 3.63) is 66.9 Å². The Bertz CT molecular complexity index is 785.